The van der Waals surface area contributed by atoms with Gasteiger partial charge in [0.1, 0.15) is 11.8 Å². The van der Waals surface area contributed by atoms with Crippen molar-refractivity contribution < 1.29 is 27.5 Å². The number of hydrogen-bond acceptors (Lipinski definition) is 6. The lowest BCUT2D eigenvalue weighted by Gasteiger charge is -2.20. The van der Waals surface area contributed by atoms with Crippen LogP contribution >= 0.6 is 0 Å². The maximum Gasteiger partial charge on any atom is 0.419 e. The minimum atomic E-state index is -4.61. The zero-order valence-electron chi connectivity index (χ0n) is 18.6. The van der Waals surface area contributed by atoms with Crippen molar-refractivity contribution in [3.8, 4) is 17.1 Å². The van der Waals surface area contributed by atoms with Gasteiger partial charge in [0.15, 0.2) is 5.96 Å². The van der Waals surface area contributed by atoms with E-state index in [2.05, 4.69) is 17.1 Å². The zero-order valence-corrected chi connectivity index (χ0v) is 18.6. The number of nitrogens with two attached hydrogens (primary N) is 1. The fourth-order valence-electron chi connectivity index (χ4n) is 3.88. The largest absolute Gasteiger partial charge is 0.493 e. The van der Waals surface area contributed by atoms with Crippen LogP contribution in [0.4, 0.5) is 13.2 Å². The average molecular weight is 470 g/mol. The standard InChI is InChI=1S/C22H30F3N5O3/c1-2-3-4-5-6-7-10-32-18-9-8-14(11-16(18)22(23,24)25)19-28-20(33-29-19)17-12-15(31)13-30(17)21(26)27/h8-9,11,15,17,31H,2-7,10,12-13H2,1H3,(H3,26,27)/t15?,17-/m0/s1. The molecule has 11 heteroatoms. The van der Waals surface area contributed by atoms with E-state index in [-0.39, 0.29) is 48.6 Å². The van der Waals surface area contributed by atoms with Gasteiger partial charge in [-0.15, -0.1) is 0 Å². The Morgan fingerprint density at radius 3 is 2.70 bits per heavy atom. The summed E-state index contributed by atoms with van der Waals surface area (Å²) in [7, 11) is 0. The Balaban J connectivity index is 1.72. The molecule has 1 fully saturated rings. The number of nitrogens with one attached hydrogen (secondary N) is 1. The second kappa shape index (κ2) is 10.9. The third-order valence-corrected chi connectivity index (χ3v) is 5.61. The third kappa shape index (κ3) is 6.37. The van der Waals surface area contributed by atoms with Gasteiger partial charge in [0.2, 0.25) is 11.7 Å². The topological polar surface area (TPSA) is 121 Å². The molecule has 3 rings (SSSR count). The van der Waals surface area contributed by atoms with Crippen LogP contribution in [0.1, 0.15) is 69.4 Å². The van der Waals surface area contributed by atoms with E-state index < -0.39 is 23.9 Å². The first kappa shape index (κ1) is 24.8. The molecule has 1 aliphatic heterocycles. The summed E-state index contributed by atoms with van der Waals surface area (Å²) in [5, 5.41) is 21.3. The molecule has 0 aliphatic carbocycles. The van der Waals surface area contributed by atoms with Gasteiger partial charge in [-0.25, -0.2) is 0 Å². The molecule has 2 aromatic rings. The fourth-order valence-corrected chi connectivity index (χ4v) is 3.88. The molecule has 182 valence electrons. The van der Waals surface area contributed by atoms with E-state index in [1.807, 2.05) is 0 Å². The number of ether oxygens (including phenoxy) is 1. The summed E-state index contributed by atoms with van der Waals surface area (Å²) < 4.78 is 51.7. The molecule has 0 bridgehead atoms. The number of unbranched alkanes of at least 4 members (excludes halogenated alkanes) is 5. The molecule has 0 amide bonds. The van der Waals surface area contributed by atoms with E-state index in [1.54, 1.807) is 0 Å². The molecule has 1 aliphatic rings. The third-order valence-electron chi connectivity index (χ3n) is 5.61. The van der Waals surface area contributed by atoms with Gasteiger partial charge in [0.05, 0.1) is 18.3 Å². The fraction of sp³-hybridized carbons (Fsp3) is 0.591. The van der Waals surface area contributed by atoms with Crippen LogP contribution in [0.5, 0.6) is 5.75 Å². The van der Waals surface area contributed by atoms with Crippen molar-refractivity contribution in [1.82, 2.24) is 15.0 Å². The quantitative estimate of drug-likeness (QED) is 0.266. The van der Waals surface area contributed by atoms with Gasteiger partial charge >= 0.3 is 6.18 Å². The smallest absolute Gasteiger partial charge is 0.419 e. The van der Waals surface area contributed by atoms with Crippen molar-refractivity contribution in [2.24, 2.45) is 5.73 Å². The molecule has 1 aromatic heterocycles. The summed E-state index contributed by atoms with van der Waals surface area (Å²) >= 11 is 0. The molecule has 4 N–H and O–H groups in total. The Bertz CT molecular complexity index is 934. The van der Waals surface area contributed by atoms with Gasteiger partial charge in [-0.05, 0) is 24.6 Å². The van der Waals surface area contributed by atoms with Crippen LogP contribution in [0.3, 0.4) is 0 Å². The van der Waals surface area contributed by atoms with E-state index in [4.69, 9.17) is 20.4 Å². The lowest BCUT2D eigenvalue weighted by Crippen LogP contribution is -2.36. The van der Waals surface area contributed by atoms with E-state index in [0.717, 1.165) is 38.2 Å². The van der Waals surface area contributed by atoms with Crippen LogP contribution in [-0.4, -0.2) is 45.4 Å². The Morgan fingerprint density at radius 2 is 2.00 bits per heavy atom. The number of aliphatic hydroxyl groups excluding tert-OH is 1. The number of rotatable bonds is 10. The average Bonchev–Trinajstić information content (AvgIpc) is 3.39. The number of benzene rings is 1. The van der Waals surface area contributed by atoms with E-state index >= 15 is 0 Å². The predicted molar refractivity (Wildman–Crippen MR) is 116 cm³/mol. The first-order chi connectivity index (χ1) is 15.7. The maximum absolute atomic E-state index is 13.7. The molecule has 8 nitrogen and oxygen atoms in total. The number of nitrogens with zero attached hydrogens (tertiary/aromatic N) is 3. The minimum absolute atomic E-state index is 0.0251. The molecule has 1 aromatic carbocycles. The van der Waals surface area contributed by atoms with Gasteiger partial charge in [0, 0.05) is 18.5 Å². The normalized spacial score (nSPS) is 18.6. The van der Waals surface area contributed by atoms with Crippen molar-refractivity contribution >= 4 is 5.96 Å². The maximum atomic E-state index is 13.7. The Kier molecular flexibility index (Phi) is 8.17. The molecule has 33 heavy (non-hydrogen) atoms. The summed E-state index contributed by atoms with van der Waals surface area (Å²) in [6, 6.07) is 3.05. The number of halogens is 3. The van der Waals surface area contributed by atoms with Crippen molar-refractivity contribution in [2.75, 3.05) is 13.2 Å². The minimum Gasteiger partial charge on any atom is -0.493 e. The first-order valence-corrected chi connectivity index (χ1v) is 11.2. The van der Waals surface area contributed by atoms with Crippen LogP contribution in [-0.2, 0) is 6.18 Å². The molecule has 2 atom stereocenters. The molecule has 1 unspecified atom stereocenters. The highest BCUT2D eigenvalue weighted by atomic mass is 19.4. The van der Waals surface area contributed by atoms with Crippen LogP contribution in [0.15, 0.2) is 22.7 Å². The second-order valence-corrected chi connectivity index (χ2v) is 8.22. The van der Waals surface area contributed by atoms with E-state index in [9.17, 15) is 18.3 Å². The highest BCUT2D eigenvalue weighted by Gasteiger charge is 2.38. The van der Waals surface area contributed by atoms with Gasteiger partial charge in [0.25, 0.3) is 0 Å². The number of hydrogen-bond donors (Lipinski definition) is 3. The van der Waals surface area contributed by atoms with Crippen LogP contribution < -0.4 is 10.5 Å². The van der Waals surface area contributed by atoms with Gasteiger partial charge in [-0.2, -0.15) is 18.2 Å². The summed E-state index contributed by atoms with van der Waals surface area (Å²) in [6.07, 6.45) is 0.949. The van der Waals surface area contributed by atoms with E-state index in [1.165, 1.54) is 17.0 Å². The Morgan fingerprint density at radius 1 is 1.27 bits per heavy atom. The highest BCUT2D eigenvalue weighted by Crippen LogP contribution is 2.39. The van der Waals surface area contributed by atoms with Crippen LogP contribution in [0, 0.1) is 5.41 Å². The molecule has 0 spiro atoms. The van der Waals surface area contributed by atoms with Crippen LogP contribution in [0.2, 0.25) is 0 Å². The SMILES string of the molecule is CCCCCCCCOc1ccc(-c2noc([C@@H]3CC(O)CN3C(=N)N)n2)cc1C(F)(F)F. The lowest BCUT2D eigenvalue weighted by atomic mass is 10.1. The van der Waals surface area contributed by atoms with Crippen LogP contribution in [0.25, 0.3) is 11.4 Å². The van der Waals surface area contributed by atoms with Gasteiger partial charge in [-0.3, -0.25) is 5.41 Å². The molecular formula is C22H30F3N5O3. The first-order valence-electron chi connectivity index (χ1n) is 11.2. The number of likely N-dealkylation sites (tertiary alicyclic amines) is 1. The van der Waals surface area contributed by atoms with Crippen molar-refractivity contribution in [3.63, 3.8) is 0 Å². The summed E-state index contributed by atoms with van der Waals surface area (Å²) in [4.78, 5) is 5.61. The van der Waals surface area contributed by atoms with Crippen molar-refractivity contribution in [2.45, 2.75) is 70.2 Å². The molecular weight excluding hydrogens is 439 g/mol. The molecule has 0 saturated carbocycles. The number of guanidine groups is 1. The predicted octanol–water partition coefficient (Wildman–Crippen LogP) is 4.50. The zero-order chi connectivity index (χ0) is 24.0. The van der Waals surface area contributed by atoms with Gasteiger partial charge < -0.3 is 25.0 Å². The summed E-state index contributed by atoms with van der Waals surface area (Å²) in [5.41, 5.74) is 4.76. The number of aromatic nitrogens is 2. The summed E-state index contributed by atoms with van der Waals surface area (Å²) in [5.74, 6) is -0.440. The Hall–Kier alpha value is -2.82. The van der Waals surface area contributed by atoms with Gasteiger partial charge in [-0.1, -0.05) is 44.2 Å². The molecule has 2 heterocycles. The lowest BCUT2D eigenvalue weighted by molar-refractivity contribution is -0.138. The highest BCUT2D eigenvalue weighted by molar-refractivity contribution is 5.75. The number of alkyl halides is 3. The molecule has 1 saturated heterocycles. The second-order valence-electron chi connectivity index (χ2n) is 8.22. The number of β-amino-alcohol motifs (C(OH)–C–C–N with tert-alkyl or cyclic N) is 1. The monoisotopic (exact) mass is 469 g/mol. The van der Waals surface area contributed by atoms with E-state index in [0.29, 0.717) is 6.42 Å². The van der Waals surface area contributed by atoms with Crippen molar-refractivity contribution in [1.29, 1.82) is 5.41 Å². The van der Waals surface area contributed by atoms with Crippen molar-refractivity contribution in [3.05, 3.63) is 29.7 Å². The Labute approximate surface area is 190 Å². The molecule has 0 radical (unpaired) electrons. The summed E-state index contributed by atoms with van der Waals surface area (Å²) in [6.45, 7) is 2.48. The number of aliphatic hydroxyl groups is 1.